The topological polar surface area (TPSA) is 57.2 Å². The number of aromatic amines is 1. The van der Waals surface area contributed by atoms with Gasteiger partial charge in [0.15, 0.2) is 0 Å². The standard InChI is InChI=1S/C24H18ClN3O/c25-20-13-11-17(12-14-20)16-26-28-24(29)23-21(18-7-3-1-4-8-18)15-22(27-23)19-9-5-2-6-10-19/h1-16,27H,(H,28,29). The van der Waals surface area contributed by atoms with Gasteiger partial charge in [-0.05, 0) is 34.9 Å². The molecule has 0 radical (unpaired) electrons. The molecule has 0 spiro atoms. The predicted molar refractivity (Wildman–Crippen MR) is 118 cm³/mol. The van der Waals surface area contributed by atoms with Gasteiger partial charge in [0.25, 0.3) is 5.91 Å². The van der Waals surface area contributed by atoms with Crippen LogP contribution >= 0.6 is 11.6 Å². The highest BCUT2D eigenvalue weighted by Crippen LogP contribution is 2.29. The van der Waals surface area contributed by atoms with Crippen LogP contribution in [-0.4, -0.2) is 17.1 Å². The molecule has 29 heavy (non-hydrogen) atoms. The molecule has 2 N–H and O–H groups in total. The summed E-state index contributed by atoms with van der Waals surface area (Å²) >= 11 is 5.89. The normalized spacial score (nSPS) is 10.9. The number of hydrogen-bond donors (Lipinski definition) is 2. The highest BCUT2D eigenvalue weighted by Gasteiger charge is 2.17. The molecule has 3 aromatic carbocycles. The number of carbonyl (C=O) groups excluding carboxylic acids is 1. The molecule has 0 unspecified atom stereocenters. The highest BCUT2D eigenvalue weighted by molar-refractivity contribution is 6.30. The second-order valence-corrected chi connectivity index (χ2v) is 6.89. The summed E-state index contributed by atoms with van der Waals surface area (Å²) in [6.07, 6.45) is 1.58. The van der Waals surface area contributed by atoms with Crippen molar-refractivity contribution in [2.24, 2.45) is 5.10 Å². The van der Waals surface area contributed by atoms with Gasteiger partial charge >= 0.3 is 0 Å². The van der Waals surface area contributed by atoms with Crippen molar-refractivity contribution < 1.29 is 4.79 Å². The monoisotopic (exact) mass is 399 g/mol. The summed E-state index contributed by atoms with van der Waals surface area (Å²) in [5, 5.41) is 4.73. The van der Waals surface area contributed by atoms with E-state index in [9.17, 15) is 4.79 Å². The first-order valence-electron chi connectivity index (χ1n) is 9.13. The molecule has 0 saturated carbocycles. The lowest BCUT2D eigenvalue weighted by atomic mass is 10.0. The van der Waals surface area contributed by atoms with Crippen LogP contribution in [0.2, 0.25) is 5.02 Å². The third-order valence-corrected chi connectivity index (χ3v) is 4.72. The van der Waals surface area contributed by atoms with Crippen molar-refractivity contribution in [1.82, 2.24) is 10.4 Å². The smallest absolute Gasteiger partial charge is 0.288 e. The van der Waals surface area contributed by atoms with Crippen molar-refractivity contribution in [3.63, 3.8) is 0 Å². The number of aromatic nitrogens is 1. The zero-order valence-corrected chi connectivity index (χ0v) is 16.2. The molecule has 0 aliphatic rings. The number of amides is 1. The van der Waals surface area contributed by atoms with Gasteiger partial charge in [0.05, 0.1) is 6.21 Å². The molecule has 4 rings (SSSR count). The Hall–Kier alpha value is -3.63. The summed E-state index contributed by atoms with van der Waals surface area (Å²) in [6.45, 7) is 0. The third-order valence-electron chi connectivity index (χ3n) is 4.46. The van der Waals surface area contributed by atoms with E-state index in [4.69, 9.17) is 11.6 Å². The number of hydrogen-bond acceptors (Lipinski definition) is 2. The molecule has 0 atom stereocenters. The van der Waals surface area contributed by atoms with E-state index in [1.54, 1.807) is 18.3 Å². The van der Waals surface area contributed by atoms with Gasteiger partial charge in [-0.3, -0.25) is 4.79 Å². The van der Waals surface area contributed by atoms with Gasteiger partial charge in [0, 0.05) is 16.3 Å². The molecule has 0 aliphatic heterocycles. The summed E-state index contributed by atoms with van der Waals surface area (Å²) in [7, 11) is 0. The molecule has 0 aliphatic carbocycles. The van der Waals surface area contributed by atoms with Crippen molar-refractivity contribution in [3.8, 4) is 22.4 Å². The van der Waals surface area contributed by atoms with Gasteiger partial charge in [-0.25, -0.2) is 5.43 Å². The number of nitrogens with zero attached hydrogens (tertiary/aromatic N) is 1. The summed E-state index contributed by atoms with van der Waals surface area (Å²) in [6, 6.07) is 28.9. The van der Waals surface area contributed by atoms with Crippen molar-refractivity contribution in [1.29, 1.82) is 0 Å². The van der Waals surface area contributed by atoms with E-state index in [1.165, 1.54) is 0 Å². The molecule has 1 heterocycles. The Labute approximate surface area is 173 Å². The van der Waals surface area contributed by atoms with Crippen LogP contribution in [0.1, 0.15) is 16.1 Å². The number of hydrazone groups is 1. The number of benzene rings is 3. The maximum atomic E-state index is 12.9. The summed E-state index contributed by atoms with van der Waals surface area (Å²) < 4.78 is 0. The fourth-order valence-electron chi connectivity index (χ4n) is 3.02. The minimum atomic E-state index is -0.309. The lowest BCUT2D eigenvalue weighted by molar-refractivity contribution is 0.0951. The molecule has 0 saturated heterocycles. The molecular formula is C24H18ClN3O. The lowest BCUT2D eigenvalue weighted by Crippen LogP contribution is -2.18. The van der Waals surface area contributed by atoms with E-state index >= 15 is 0 Å². The fraction of sp³-hybridized carbons (Fsp3) is 0. The second kappa shape index (κ2) is 8.59. The average Bonchev–Trinajstić information content (AvgIpc) is 3.22. The molecule has 5 heteroatoms. The Bertz CT molecular complexity index is 1130. The maximum Gasteiger partial charge on any atom is 0.288 e. The van der Waals surface area contributed by atoms with Crippen molar-refractivity contribution in [3.05, 3.63) is 107 Å². The van der Waals surface area contributed by atoms with Crippen molar-refractivity contribution >= 4 is 23.7 Å². The molecule has 1 amide bonds. The van der Waals surface area contributed by atoms with E-state index in [0.29, 0.717) is 10.7 Å². The minimum absolute atomic E-state index is 0.309. The number of H-pyrrole nitrogens is 1. The van der Waals surface area contributed by atoms with Crippen LogP contribution < -0.4 is 5.43 Å². The largest absolute Gasteiger partial charge is 0.350 e. The van der Waals surface area contributed by atoms with Crippen LogP contribution in [0.25, 0.3) is 22.4 Å². The van der Waals surface area contributed by atoms with Gasteiger partial charge in [-0.15, -0.1) is 0 Å². The minimum Gasteiger partial charge on any atom is -0.350 e. The van der Waals surface area contributed by atoms with Crippen LogP contribution in [-0.2, 0) is 0 Å². The zero-order chi connectivity index (χ0) is 20.1. The molecule has 1 aromatic heterocycles. The average molecular weight is 400 g/mol. The van der Waals surface area contributed by atoms with E-state index in [1.807, 2.05) is 78.9 Å². The van der Waals surface area contributed by atoms with E-state index in [-0.39, 0.29) is 5.91 Å². The summed E-state index contributed by atoms with van der Waals surface area (Å²) in [5.41, 5.74) is 7.57. The highest BCUT2D eigenvalue weighted by atomic mass is 35.5. The van der Waals surface area contributed by atoms with Crippen LogP contribution in [0.15, 0.2) is 96.1 Å². The summed E-state index contributed by atoms with van der Waals surface area (Å²) in [5.74, 6) is -0.309. The number of halogens is 1. The van der Waals surface area contributed by atoms with Crippen molar-refractivity contribution in [2.75, 3.05) is 0 Å². The zero-order valence-electron chi connectivity index (χ0n) is 15.5. The first-order chi connectivity index (χ1) is 14.2. The molecular weight excluding hydrogens is 382 g/mol. The maximum absolute atomic E-state index is 12.9. The Morgan fingerprint density at radius 2 is 1.48 bits per heavy atom. The molecule has 0 fully saturated rings. The first-order valence-corrected chi connectivity index (χ1v) is 9.51. The summed E-state index contributed by atoms with van der Waals surface area (Å²) in [4.78, 5) is 16.1. The number of nitrogens with one attached hydrogen (secondary N) is 2. The van der Waals surface area contributed by atoms with Gasteiger partial charge in [-0.1, -0.05) is 84.4 Å². The number of rotatable bonds is 5. The van der Waals surface area contributed by atoms with Crippen LogP contribution in [0, 0.1) is 0 Å². The fourth-order valence-corrected chi connectivity index (χ4v) is 3.15. The van der Waals surface area contributed by atoms with Crippen molar-refractivity contribution in [2.45, 2.75) is 0 Å². The van der Waals surface area contributed by atoms with Gasteiger partial charge in [0.1, 0.15) is 5.69 Å². The Morgan fingerprint density at radius 3 is 2.14 bits per heavy atom. The van der Waals surface area contributed by atoms with E-state index < -0.39 is 0 Å². The van der Waals surface area contributed by atoms with Gasteiger partial charge in [0.2, 0.25) is 0 Å². The first kappa shape index (κ1) is 18.7. The van der Waals surface area contributed by atoms with Crippen LogP contribution in [0.4, 0.5) is 0 Å². The lowest BCUT2D eigenvalue weighted by Gasteiger charge is -2.03. The molecule has 142 valence electrons. The van der Waals surface area contributed by atoms with Crippen LogP contribution in [0.3, 0.4) is 0 Å². The SMILES string of the molecule is O=C(NN=Cc1ccc(Cl)cc1)c1[nH]c(-c2ccccc2)cc1-c1ccccc1. The van der Waals surface area contributed by atoms with E-state index in [0.717, 1.165) is 27.9 Å². The predicted octanol–water partition coefficient (Wildman–Crippen LogP) is 5.77. The second-order valence-electron chi connectivity index (χ2n) is 6.45. The molecule has 4 nitrogen and oxygen atoms in total. The molecule has 0 bridgehead atoms. The number of carbonyl (C=O) groups is 1. The quantitative estimate of drug-likeness (QED) is 0.325. The van der Waals surface area contributed by atoms with E-state index in [2.05, 4.69) is 15.5 Å². The Morgan fingerprint density at radius 1 is 0.862 bits per heavy atom. The van der Waals surface area contributed by atoms with Gasteiger partial charge in [-0.2, -0.15) is 5.10 Å². The Kier molecular flexibility index (Phi) is 5.54. The third kappa shape index (κ3) is 4.45. The Balaban J connectivity index is 1.63. The van der Waals surface area contributed by atoms with Crippen LogP contribution in [0.5, 0.6) is 0 Å². The van der Waals surface area contributed by atoms with Gasteiger partial charge < -0.3 is 4.98 Å². The molecule has 4 aromatic rings.